The number of hydrogen-bond acceptors (Lipinski definition) is 7. The number of anilines is 2. The number of nitrogens with one attached hydrogen (secondary N) is 2. The zero-order valence-electron chi connectivity index (χ0n) is 30.5. The van der Waals surface area contributed by atoms with Gasteiger partial charge in [0.15, 0.2) is 0 Å². The highest BCUT2D eigenvalue weighted by Gasteiger charge is 2.27. The second-order valence-electron chi connectivity index (χ2n) is 14.2. The molecule has 54 heavy (non-hydrogen) atoms. The first kappa shape index (κ1) is 38.5. The SMILES string of the molecule is Cc1cccc(NC(=O)c2c(O)c3c(Br)c(-c4ccc(C)c(NC(=O)c5c(O)c6ccc(Br)cc6n(CC(C)C)c5=O)n4)ccc3n(CC(C)C)c2=O)c1. The van der Waals surface area contributed by atoms with Crippen LogP contribution in [-0.2, 0) is 13.1 Å². The highest BCUT2D eigenvalue weighted by molar-refractivity contribution is 9.11. The van der Waals surface area contributed by atoms with E-state index in [4.69, 9.17) is 4.98 Å². The van der Waals surface area contributed by atoms with Gasteiger partial charge in [-0.2, -0.15) is 0 Å². The fraction of sp³-hybridized carbons (Fsp3) is 0.244. The minimum absolute atomic E-state index is 0.0323. The Balaban J connectivity index is 1.45. The second-order valence-corrected chi connectivity index (χ2v) is 15.9. The minimum Gasteiger partial charge on any atom is -0.506 e. The van der Waals surface area contributed by atoms with Crippen molar-refractivity contribution < 1.29 is 19.8 Å². The Morgan fingerprint density at radius 3 is 2.04 bits per heavy atom. The summed E-state index contributed by atoms with van der Waals surface area (Å²) in [5.41, 5.74) is 1.66. The zero-order valence-corrected chi connectivity index (χ0v) is 33.7. The molecular weight excluding hydrogens is 818 g/mol. The van der Waals surface area contributed by atoms with Crippen LogP contribution in [0.25, 0.3) is 33.1 Å². The van der Waals surface area contributed by atoms with E-state index >= 15 is 0 Å². The van der Waals surface area contributed by atoms with Crippen LogP contribution in [0.1, 0.15) is 59.5 Å². The van der Waals surface area contributed by atoms with Gasteiger partial charge in [-0.05, 0) is 101 Å². The van der Waals surface area contributed by atoms with Crippen LogP contribution in [0.3, 0.4) is 0 Å². The summed E-state index contributed by atoms with van der Waals surface area (Å²) in [6, 6.07) is 19.1. The van der Waals surface area contributed by atoms with Gasteiger partial charge in [0.2, 0.25) is 0 Å². The van der Waals surface area contributed by atoms with Crippen LogP contribution in [0.15, 0.2) is 85.3 Å². The molecule has 0 atom stereocenters. The van der Waals surface area contributed by atoms with Gasteiger partial charge in [-0.1, -0.05) is 61.8 Å². The first-order valence-corrected chi connectivity index (χ1v) is 19.0. The summed E-state index contributed by atoms with van der Waals surface area (Å²) in [4.78, 5) is 59.9. The molecule has 0 unspecified atom stereocenters. The van der Waals surface area contributed by atoms with Crippen molar-refractivity contribution >= 4 is 77.0 Å². The average Bonchev–Trinajstić information content (AvgIpc) is 3.09. The molecular formula is C41H39Br2N5O6. The Kier molecular flexibility index (Phi) is 10.8. The zero-order chi connectivity index (χ0) is 39.2. The Hall–Kier alpha value is -5.27. The summed E-state index contributed by atoms with van der Waals surface area (Å²) in [5, 5.41) is 29.0. The molecule has 0 saturated carbocycles. The Bertz CT molecular complexity index is 2630. The quantitative estimate of drug-likeness (QED) is 0.113. The van der Waals surface area contributed by atoms with Crippen molar-refractivity contribution in [2.45, 2.75) is 54.6 Å². The lowest BCUT2D eigenvalue weighted by atomic mass is 10.0. The molecule has 3 aromatic heterocycles. The van der Waals surface area contributed by atoms with E-state index in [9.17, 15) is 29.4 Å². The Morgan fingerprint density at radius 2 is 1.39 bits per heavy atom. The number of carbonyl (C=O) groups excluding carboxylic acids is 2. The number of amides is 2. The van der Waals surface area contributed by atoms with Crippen molar-refractivity contribution in [1.82, 2.24) is 14.1 Å². The average molecular weight is 858 g/mol. The van der Waals surface area contributed by atoms with Gasteiger partial charge in [0, 0.05) is 38.7 Å². The topological polar surface area (TPSA) is 156 Å². The van der Waals surface area contributed by atoms with E-state index in [1.165, 1.54) is 9.13 Å². The van der Waals surface area contributed by atoms with Gasteiger partial charge >= 0.3 is 0 Å². The number of pyridine rings is 3. The summed E-state index contributed by atoms with van der Waals surface area (Å²) in [6.07, 6.45) is 0. The number of nitrogens with zero attached hydrogens (tertiary/aromatic N) is 3. The van der Waals surface area contributed by atoms with Crippen LogP contribution in [-0.4, -0.2) is 36.1 Å². The van der Waals surface area contributed by atoms with E-state index in [0.717, 1.165) is 10.0 Å². The number of aromatic hydroxyl groups is 2. The smallest absolute Gasteiger partial charge is 0.267 e. The molecule has 4 N–H and O–H groups in total. The Morgan fingerprint density at radius 1 is 0.759 bits per heavy atom. The molecule has 3 heterocycles. The predicted molar refractivity (Wildman–Crippen MR) is 220 cm³/mol. The van der Waals surface area contributed by atoms with Gasteiger partial charge < -0.3 is 30.0 Å². The van der Waals surface area contributed by atoms with Gasteiger partial charge in [0.1, 0.15) is 28.4 Å². The van der Waals surface area contributed by atoms with Crippen LogP contribution in [0, 0.1) is 25.7 Å². The van der Waals surface area contributed by atoms with E-state index in [1.807, 2.05) is 40.7 Å². The lowest BCUT2D eigenvalue weighted by Gasteiger charge is -2.19. The van der Waals surface area contributed by atoms with Crippen molar-refractivity contribution in [3.05, 3.63) is 119 Å². The highest BCUT2D eigenvalue weighted by atomic mass is 79.9. The normalized spacial score (nSPS) is 11.5. The van der Waals surface area contributed by atoms with Crippen LogP contribution in [0.4, 0.5) is 11.5 Å². The molecule has 0 radical (unpaired) electrons. The molecule has 0 aliphatic carbocycles. The second kappa shape index (κ2) is 15.2. The van der Waals surface area contributed by atoms with Crippen LogP contribution < -0.4 is 21.8 Å². The minimum atomic E-state index is -0.829. The summed E-state index contributed by atoms with van der Waals surface area (Å²) in [5.74, 6) is -2.27. The molecule has 0 fully saturated rings. The number of fused-ring (bicyclic) bond motifs is 2. The number of carbonyl (C=O) groups is 2. The molecule has 0 bridgehead atoms. The van der Waals surface area contributed by atoms with Crippen LogP contribution >= 0.6 is 31.9 Å². The molecule has 0 aliphatic rings. The van der Waals surface area contributed by atoms with Gasteiger partial charge in [-0.25, -0.2) is 4.98 Å². The largest absolute Gasteiger partial charge is 0.506 e. The van der Waals surface area contributed by atoms with Crippen molar-refractivity contribution in [3.63, 3.8) is 0 Å². The fourth-order valence-electron chi connectivity index (χ4n) is 6.49. The van der Waals surface area contributed by atoms with Gasteiger partial charge in [-0.3, -0.25) is 19.2 Å². The maximum atomic E-state index is 13.9. The standard InChI is InChI=1S/C41H39Br2N5O6/c1-20(2)18-47-29-15-13-26(34(43)31(29)36(50)33(41(47)54)38(51)44-25-9-7-8-22(5)16-25)28-14-10-23(6)37(45-28)46-39(52)32-35(49)27-12-11-24(42)17-30(27)48(40(32)53)19-21(3)4/h7-17,20-21,49-50H,18-19H2,1-6H3,(H,44,51)(H,45,46,52). The molecule has 6 rings (SSSR count). The van der Waals surface area contributed by atoms with Crippen molar-refractivity contribution in [1.29, 1.82) is 0 Å². The summed E-state index contributed by atoms with van der Waals surface area (Å²) in [6.45, 7) is 12.0. The van der Waals surface area contributed by atoms with E-state index < -0.39 is 45.6 Å². The molecule has 6 aromatic rings. The third kappa shape index (κ3) is 7.30. The molecule has 3 aromatic carbocycles. The number of aromatic nitrogens is 3. The number of rotatable bonds is 9. The van der Waals surface area contributed by atoms with Gasteiger partial charge in [-0.15, -0.1) is 0 Å². The number of benzene rings is 3. The van der Waals surface area contributed by atoms with Crippen LogP contribution in [0.5, 0.6) is 11.5 Å². The first-order chi connectivity index (χ1) is 25.6. The number of aryl methyl sites for hydroxylation is 2. The Labute approximate surface area is 327 Å². The van der Waals surface area contributed by atoms with E-state index in [2.05, 4.69) is 42.5 Å². The lowest BCUT2D eigenvalue weighted by molar-refractivity contribution is 0.101. The van der Waals surface area contributed by atoms with Crippen molar-refractivity contribution in [2.75, 3.05) is 10.6 Å². The molecule has 2 amide bonds. The monoisotopic (exact) mass is 855 g/mol. The molecule has 11 nitrogen and oxygen atoms in total. The van der Waals surface area contributed by atoms with Crippen molar-refractivity contribution in [3.8, 4) is 22.8 Å². The van der Waals surface area contributed by atoms with Crippen LogP contribution in [0.2, 0.25) is 0 Å². The fourth-order valence-corrected chi connectivity index (χ4v) is 7.56. The molecule has 13 heteroatoms. The van der Waals surface area contributed by atoms with Crippen molar-refractivity contribution in [2.24, 2.45) is 11.8 Å². The molecule has 0 aliphatic heterocycles. The highest BCUT2D eigenvalue weighted by Crippen LogP contribution is 2.40. The van der Waals surface area contributed by atoms with E-state index in [-0.39, 0.29) is 29.6 Å². The van der Waals surface area contributed by atoms with E-state index in [0.29, 0.717) is 49.9 Å². The lowest BCUT2D eigenvalue weighted by Crippen LogP contribution is -2.31. The summed E-state index contributed by atoms with van der Waals surface area (Å²) in [7, 11) is 0. The molecule has 278 valence electrons. The maximum Gasteiger partial charge on any atom is 0.267 e. The third-order valence-electron chi connectivity index (χ3n) is 8.98. The summed E-state index contributed by atoms with van der Waals surface area (Å²) < 4.78 is 4.05. The number of halogens is 2. The van der Waals surface area contributed by atoms with Gasteiger partial charge in [0.25, 0.3) is 22.9 Å². The number of hydrogen-bond donors (Lipinski definition) is 4. The predicted octanol–water partition coefficient (Wildman–Crippen LogP) is 8.75. The van der Waals surface area contributed by atoms with E-state index in [1.54, 1.807) is 67.6 Å². The summed E-state index contributed by atoms with van der Waals surface area (Å²) >= 11 is 7.08. The molecule has 0 saturated heterocycles. The maximum absolute atomic E-state index is 13.9. The third-order valence-corrected chi connectivity index (χ3v) is 10.3. The first-order valence-electron chi connectivity index (χ1n) is 17.4. The molecule has 0 spiro atoms. The van der Waals surface area contributed by atoms with Gasteiger partial charge in [0.05, 0.1) is 22.1 Å².